The zero-order chi connectivity index (χ0) is 15.6. The van der Waals surface area contributed by atoms with Crippen LogP contribution >= 0.6 is 0 Å². The fourth-order valence-electron chi connectivity index (χ4n) is 3.12. The Morgan fingerprint density at radius 2 is 1.90 bits per heavy atom. The standard InChI is InChI=1S/C17H27NO2S/c1-5-7-16-17(18-10-6-2)14-11-13(12(3)4)8-9-15(14)21(16,19)20/h8-9,11-12,16-18H,5-7,10H2,1-4H3. The Morgan fingerprint density at radius 1 is 1.19 bits per heavy atom. The van der Waals surface area contributed by atoms with Crippen LogP contribution in [0.15, 0.2) is 23.1 Å². The molecule has 2 atom stereocenters. The third kappa shape index (κ3) is 3.02. The Morgan fingerprint density at radius 3 is 2.48 bits per heavy atom. The minimum Gasteiger partial charge on any atom is -0.309 e. The highest BCUT2D eigenvalue weighted by atomic mass is 32.2. The van der Waals surface area contributed by atoms with Crippen LogP contribution in [-0.4, -0.2) is 20.2 Å². The van der Waals surface area contributed by atoms with Gasteiger partial charge >= 0.3 is 0 Å². The predicted octanol–water partition coefficient (Wildman–Crippen LogP) is 3.81. The number of nitrogens with one attached hydrogen (secondary N) is 1. The first kappa shape index (κ1) is 16.5. The molecule has 1 aromatic carbocycles. The summed E-state index contributed by atoms with van der Waals surface area (Å²) in [6, 6.07) is 5.83. The van der Waals surface area contributed by atoms with Crippen LogP contribution in [0, 0.1) is 0 Å². The molecular weight excluding hydrogens is 282 g/mol. The molecule has 0 bridgehead atoms. The van der Waals surface area contributed by atoms with Crippen molar-refractivity contribution in [3.05, 3.63) is 29.3 Å². The molecule has 3 nitrogen and oxygen atoms in total. The Balaban J connectivity index is 2.50. The zero-order valence-electron chi connectivity index (χ0n) is 13.5. The number of fused-ring (bicyclic) bond motifs is 1. The quantitative estimate of drug-likeness (QED) is 0.869. The van der Waals surface area contributed by atoms with Crippen molar-refractivity contribution in [2.24, 2.45) is 0 Å². The molecule has 0 saturated carbocycles. The maximum absolute atomic E-state index is 12.8. The van der Waals surface area contributed by atoms with E-state index in [4.69, 9.17) is 0 Å². The molecule has 2 rings (SSSR count). The number of benzene rings is 1. The van der Waals surface area contributed by atoms with Crippen molar-refractivity contribution in [1.29, 1.82) is 0 Å². The SMILES string of the molecule is CCCNC1c2cc(C(C)C)ccc2S(=O)(=O)C1CCC. The first-order valence-electron chi connectivity index (χ1n) is 8.04. The molecular formula is C17H27NO2S. The summed E-state index contributed by atoms with van der Waals surface area (Å²) < 4.78 is 25.6. The second kappa shape index (κ2) is 6.49. The van der Waals surface area contributed by atoms with Gasteiger partial charge in [-0.05, 0) is 42.5 Å². The molecule has 0 spiro atoms. The molecule has 0 fully saturated rings. The lowest BCUT2D eigenvalue weighted by atomic mass is 9.95. The van der Waals surface area contributed by atoms with Crippen LogP contribution in [-0.2, 0) is 9.84 Å². The topological polar surface area (TPSA) is 46.2 Å². The minimum absolute atomic E-state index is 0.0522. The summed E-state index contributed by atoms with van der Waals surface area (Å²) in [7, 11) is -3.19. The van der Waals surface area contributed by atoms with Crippen molar-refractivity contribution in [3.8, 4) is 0 Å². The van der Waals surface area contributed by atoms with E-state index in [2.05, 4.69) is 39.1 Å². The van der Waals surface area contributed by atoms with E-state index in [1.54, 1.807) is 0 Å². The second-order valence-electron chi connectivity index (χ2n) is 6.26. The Labute approximate surface area is 129 Å². The lowest BCUT2D eigenvalue weighted by Gasteiger charge is -2.20. The van der Waals surface area contributed by atoms with Crippen LogP contribution in [0.1, 0.15) is 70.0 Å². The van der Waals surface area contributed by atoms with E-state index in [0.717, 1.165) is 31.4 Å². The van der Waals surface area contributed by atoms with Gasteiger partial charge in [-0.3, -0.25) is 0 Å². The average molecular weight is 309 g/mol. The van der Waals surface area contributed by atoms with Crippen LogP contribution < -0.4 is 5.32 Å². The van der Waals surface area contributed by atoms with Crippen LogP contribution in [0.4, 0.5) is 0 Å². The van der Waals surface area contributed by atoms with E-state index in [1.807, 2.05) is 12.1 Å². The van der Waals surface area contributed by atoms with E-state index < -0.39 is 9.84 Å². The van der Waals surface area contributed by atoms with Gasteiger partial charge in [0.2, 0.25) is 0 Å². The molecule has 21 heavy (non-hydrogen) atoms. The molecule has 0 amide bonds. The third-order valence-electron chi connectivity index (χ3n) is 4.30. The Kier molecular flexibility index (Phi) is 5.10. The molecule has 1 aliphatic heterocycles. The lowest BCUT2D eigenvalue weighted by Crippen LogP contribution is -2.32. The van der Waals surface area contributed by atoms with Crippen LogP contribution in [0.3, 0.4) is 0 Å². The normalized spacial score (nSPS) is 23.5. The van der Waals surface area contributed by atoms with Crippen molar-refractivity contribution >= 4 is 9.84 Å². The van der Waals surface area contributed by atoms with E-state index >= 15 is 0 Å². The first-order chi connectivity index (χ1) is 9.93. The number of rotatable bonds is 6. The van der Waals surface area contributed by atoms with E-state index in [-0.39, 0.29) is 11.3 Å². The van der Waals surface area contributed by atoms with Crippen molar-refractivity contribution in [2.75, 3.05) is 6.54 Å². The summed E-state index contributed by atoms with van der Waals surface area (Å²) in [4.78, 5) is 0.541. The Hall–Kier alpha value is -0.870. The van der Waals surface area contributed by atoms with Gasteiger partial charge in [0.15, 0.2) is 9.84 Å². The van der Waals surface area contributed by atoms with Gasteiger partial charge in [0.05, 0.1) is 16.2 Å². The summed E-state index contributed by atoms with van der Waals surface area (Å²) in [5.41, 5.74) is 2.19. The van der Waals surface area contributed by atoms with Gasteiger partial charge in [0, 0.05) is 0 Å². The first-order valence-corrected chi connectivity index (χ1v) is 9.59. The molecule has 0 radical (unpaired) electrons. The summed E-state index contributed by atoms with van der Waals surface area (Å²) in [6.45, 7) is 9.30. The van der Waals surface area contributed by atoms with Gasteiger partial charge in [0.1, 0.15) is 0 Å². The van der Waals surface area contributed by atoms with Crippen LogP contribution in [0.5, 0.6) is 0 Å². The van der Waals surface area contributed by atoms with Crippen molar-refractivity contribution in [1.82, 2.24) is 5.32 Å². The van der Waals surface area contributed by atoms with Crippen LogP contribution in [0.2, 0.25) is 0 Å². The second-order valence-corrected chi connectivity index (χ2v) is 8.39. The van der Waals surface area contributed by atoms with E-state index in [0.29, 0.717) is 10.8 Å². The zero-order valence-corrected chi connectivity index (χ0v) is 14.3. The number of sulfone groups is 1. The highest BCUT2D eigenvalue weighted by Crippen LogP contribution is 2.42. The van der Waals surface area contributed by atoms with Crippen molar-refractivity contribution in [2.45, 2.75) is 69.1 Å². The van der Waals surface area contributed by atoms with Gasteiger partial charge in [-0.2, -0.15) is 0 Å². The summed E-state index contributed by atoms with van der Waals surface area (Å²) in [5, 5.41) is 3.15. The van der Waals surface area contributed by atoms with E-state index in [1.165, 1.54) is 5.56 Å². The average Bonchev–Trinajstić information content (AvgIpc) is 2.65. The van der Waals surface area contributed by atoms with Crippen LogP contribution in [0.25, 0.3) is 0 Å². The summed E-state index contributed by atoms with van der Waals surface area (Å²) in [5.74, 6) is 0.412. The van der Waals surface area contributed by atoms with Gasteiger partial charge in [-0.1, -0.05) is 46.2 Å². The molecule has 0 saturated heterocycles. The molecule has 0 aliphatic carbocycles. The fourth-order valence-corrected chi connectivity index (χ4v) is 5.36. The molecule has 1 aliphatic rings. The molecule has 1 aromatic rings. The summed E-state index contributed by atoms with van der Waals surface area (Å²) >= 11 is 0. The van der Waals surface area contributed by atoms with Gasteiger partial charge < -0.3 is 5.32 Å². The largest absolute Gasteiger partial charge is 0.309 e. The maximum atomic E-state index is 12.8. The minimum atomic E-state index is -3.19. The molecule has 118 valence electrons. The predicted molar refractivity (Wildman–Crippen MR) is 87.4 cm³/mol. The molecule has 2 unspecified atom stereocenters. The monoisotopic (exact) mass is 309 g/mol. The molecule has 1 N–H and O–H groups in total. The number of hydrogen-bond acceptors (Lipinski definition) is 3. The fraction of sp³-hybridized carbons (Fsp3) is 0.647. The molecule has 1 heterocycles. The third-order valence-corrected chi connectivity index (χ3v) is 6.59. The Bertz CT molecular complexity index is 593. The van der Waals surface area contributed by atoms with Crippen molar-refractivity contribution in [3.63, 3.8) is 0 Å². The van der Waals surface area contributed by atoms with E-state index in [9.17, 15) is 8.42 Å². The highest BCUT2D eigenvalue weighted by molar-refractivity contribution is 7.92. The smallest absolute Gasteiger partial charge is 0.183 e. The number of hydrogen-bond donors (Lipinski definition) is 1. The van der Waals surface area contributed by atoms with Gasteiger partial charge in [-0.15, -0.1) is 0 Å². The van der Waals surface area contributed by atoms with Gasteiger partial charge in [-0.25, -0.2) is 8.42 Å². The maximum Gasteiger partial charge on any atom is 0.183 e. The summed E-state index contributed by atoms with van der Waals surface area (Å²) in [6.07, 6.45) is 2.61. The highest BCUT2D eigenvalue weighted by Gasteiger charge is 2.44. The molecule has 0 aromatic heterocycles. The lowest BCUT2D eigenvalue weighted by molar-refractivity contribution is 0.481. The van der Waals surface area contributed by atoms with Gasteiger partial charge in [0.25, 0.3) is 0 Å². The van der Waals surface area contributed by atoms with Crippen molar-refractivity contribution < 1.29 is 8.42 Å². The molecule has 4 heteroatoms.